The number of carbonyl (C=O) groups excluding carboxylic acids is 2. The molecular weight excluding hydrogens is 351 g/mol. The van der Waals surface area contributed by atoms with Crippen LogP contribution in [-0.2, 0) is 9.59 Å². The minimum Gasteiger partial charge on any atom is -0.352 e. The molecule has 2 N–H and O–H groups in total. The van der Waals surface area contributed by atoms with Gasteiger partial charge < -0.3 is 15.5 Å². The molecule has 3 fully saturated rings. The van der Waals surface area contributed by atoms with E-state index in [1.54, 1.807) is 0 Å². The van der Waals surface area contributed by atoms with Crippen molar-refractivity contribution in [1.29, 1.82) is 0 Å². The number of halogens is 2. The highest BCUT2D eigenvalue weighted by Gasteiger charge is 2.31. The van der Waals surface area contributed by atoms with E-state index in [-0.39, 0.29) is 42.7 Å². The van der Waals surface area contributed by atoms with E-state index in [9.17, 15) is 9.59 Å². The van der Waals surface area contributed by atoms with E-state index in [4.69, 9.17) is 0 Å². The average Bonchev–Trinajstić information content (AvgIpc) is 3.19. The number of amides is 2. The Morgan fingerprint density at radius 2 is 1.79 bits per heavy atom. The normalized spacial score (nSPS) is 25.4. The molecular formula is C16H30Cl2N4O2. The maximum atomic E-state index is 12.3. The average molecular weight is 381 g/mol. The fraction of sp³-hybridized carbons (Fsp3) is 0.875. The quantitative estimate of drug-likeness (QED) is 0.739. The van der Waals surface area contributed by atoms with Crippen molar-refractivity contribution in [2.75, 3.05) is 32.7 Å². The molecule has 2 atom stereocenters. The van der Waals surface area contributed by atoms with Crippen LogP contribution in [-0.4, -0.2) is 72.5 Å². The van der Waals surface area contributed by atoms with Crippen LogP contribution >= 0.6 is 24.8 Å². The second-order valence-corrected chi connectivity index (χ2v) is 6.87. The molecule has 3 rings (SSSR count). The standard InChI is InChI=1S/C16H28N4O2.2ClH/c1-12(16(22)18-13-4-5-13)19-7-9-20(10-8-19)15(21)11-14-3-2-6-17-14;;/h12-14,17H,2-11H2,1H3,(H,18,22);2*1H. The van der Waals surface area contributed by atoms with E-state index in [2.05, 4.69) is 15.5 Å². The van der Waals surface area contributed by atoms with Crippen molar-refractivity contribution < 1.29 is 9.59 Å². The van der Waals surface area contributed by atoms with E-state index in [0.29, 0.717) is 18.5 Å². The molecule has 0 bridgehead atoms. The SMILES string of the molecule is CC(C(=O)NC1CC1)N1CCN(C(=O)CC2CCCN2)CC1.Cl.Cl. The van der Waals surface area contributed by atoms with Gasteiger partial charge in [0.2, 0.25) is 11.8 Å². The summed E-state index contributed by atoms with van der Waals surface area (Å²) in [6.07, 6.45) is 5.16. The second kappa shape index (κ2) is 9.80. The molecule has 2 unspecified atom stereocenters. The summed E-state index contributed by atoms with van der Waals surface area (Å²) in [6, 6.07) is 0.694. The van der Waals surface area contributed by atoms with Crippen LogP contribution in [0.3, 0.4) is 0 Å². The summed E-state index contributed by atoms with van der Waals surface area (Å²) in [6.45, 7) is 6.09. The molecule has 140 valence electrons. The number of carbonyl (C=O) groups is 2. The van der Waals surface area contributed by atoms with Crippen molar-refractivity contribution in [1.82, 2.24) is 20.4 Å². The molecule has 0 aromatic carbocycles. The van der Waals surface area contributed by atoms with Crippen molar-refractivity contribution in [3.05, 3.63) is 0 Å². The van der Waals surface area contributed by atoms with Crippen LogP contribution in [0, 0.1) is 0 Å². The highest BCUT2D eigenvalue weighted by atomic mass is 35.5. The third kappa shape index (κ3) is 5.76. The Labute approximate surface area is 156 Å². The first-order valence-corrected chi connectivity index (χ1v) is 8.69. The van der Waals surface area contributed by atoms with Gasteiger partial charge in [-0.05, 0) is 39.2 Å². The number of nitrogens with zero attached hydrogens (tertiary/aromatic N) is 2. The molecule has 2 aliphatic heterocycles. The Morgan fingerprint density at radius 3 is 2.33 bits per heavy atom. The molecule has 2 heterocycles. The summed E-state index contributed by atoms with van der Waals surface area (Å²) in [4.78, 5) is 28.6. The van der Waals surface area contributed by atoms with E-state index >= 15 is 0 Å². The lowest BCUT2D eigenvalue weighted by molar-refractivity contribution is -0.134. The monoisotopic (exact) mass is 380 g/mol. The molecule has 0 spiro atoms. The third-order valence-electron chi connectivity index (χ3n) is 5.10. The largest absolute Gasteiger partial charge is 0.352 e. The molecule has 0 aromatic rings. The first-order chi connectivity index (χ1) is 10.6. The van der Waals surface area contributed by atoms with E-state index in [1.807, 2.05) is 11.8 Å². The van der Waals surface area contributed by atoms with E-state index in [1.165, 1.54) is 6.42 Å². The summed E-state index contributed by atoms with van der Waals surface area (Å²) in [7, 11) is 0. The molecule has 1 saturated carbocycles. The molecule has 2 saturated heterocycles. The highest BCUT2D eigenvalue weighted by molar-refractivity contribution is 5.85. The number of rotatable bonds is 5. The predicted octanol–water partition coefficient (Wildman–Crippen LogP) is 0.783. The zero-order valence-electron chi connectivity index (χ0n) is 14.3. The maximum absolute atomic E-state index is 12.3. The van der Waals surface area contributed by atoms with Crippen LogP contribution in [0.15, 0.2) is 0 Å². The summed E-state index contributed by atoms with van der Waals surface area (Å²) in [5.41, 5.74) is 0. The zero-order chi connectivity index (χ0) is 15.5. The van der Waals surface area contributed by atoms with Crippen molar-refractivity contribution in [3.63, 3.8) is 0 Å². The third-order valence-corrected chi connectivity index (χ3v) is 5.10. The number of nitrogens with one attached hydrogen (secondary N) is 2. The topological polar surface area (TPSA) is 64.7 Å². The van der Waals surface area contributed by atoms with Crippen molar-refractivity contribution in [2.45, 2.75) is 57.2 Å². The van der Waals surface area contributed by atoms with Gasteiger partial charge in [-0.1, -0.05) is 0 Å². The zero-order valence-corrected chi connectivity index (χ0v) is 16.0. The highest BCUT2D eigenvalue weighted by Crippen LogP contribution is 2.19. The van der Waals surface area contributed by atoms with Crippen LogP contribution in [0.25, 0.3) is 0 Å². The van der Waals surface area contributed by atoms with Gasteiger partial charge >= 0.3 is 0 Å². The predicted molar refractivity (Wildman–Crippen MR) is 98.9 cm³/mol. The lowest BCUT2D eigenvalue weighted by Crippen LogP contribution is -2.55. The Balaban J connectivity index is 0.00000144. The number of piperazine rings is 1. The minimum absolute atomic E-state index is 0. The first-order valence-electron chi connectivity index (χ1n) is 8.69. The van der Waals surface area contributed by atoms with Crippen LogP contribution < -0.4 is 10.6 Å². The number of hydrogen-bond donors (Lipinski definition) is 2. The summed E-state index contributed by atoms with van der Waals surface area (Å²) in [5.74, 6) is 0.395. The lowest BCUT2D eigenvalue weighted by atomic mass is 10.1. The molecule has 0 radical (unpaired) electrons. The summed E-state index contributed by atoms with van der Waals surface area (Å²) < 4.78 is 0. The maximum Gasteiger partial charge on any atom is 0.237 e. The summed E-state index contributed by atoms with van der Waals surface area (Å²) >= 11 is 0. The van der Waals surface area contributed by atoms with Gasteiger partial charge in [0.1, 0.15) is 0 Å². The van der Waals surface area contributed by atoms with E-state index in [0.717, 1.165) is 52.0 Å². The molecule has 1 aliphatic carbocycles. The Bertz CT molecular complexity index is 420. The molecule has 0 aromatic heterocycles. The van der Waals surface area contributed by atoms with Crippen molar-refractivity contribution in [3.8, 4) is 0 Å². The molecule has 6 nitrogen and oxygen atoms in total. The lowest BCUT2D eigenvalue weighted by Gasteiger charge is -2.37. The van der Waals surface area contributed by atoms with Gasteiger partial charge in [0.15, 0.2) is 0 Å². The minimum atomic E-state index is -0.0886. The van der Waals surface area contributed by atoms with Gasteiger partial charge in [0.25, 0.3) is 0 Å². The van der Waals surface area contributed by atoms with Gasteiger partial charge in [-0.2, -0.15) is 0 Å². The first kappa shape index (κ1) is 21.5. The summed E-state index contributed by atoms with van der Waals surface area (Å²) in [5, 5.41) is 6.45. The smallest absolute Gasteiger partial charge is 0.237 e. The van der Waals surface area contributed by atoms with Crippen LogP contribution in [0.5, 0.6) is 0 Å². The van der Waals surface area contributed by atoms with Gasteiger partial charge in [-0.25, -0.2) is 0 Å². The van der Waals surface area contributed by atoms with Crippen LogP contribution in [0.4, 0.5) is 0 Å². The Kier molecular flexibility index (Phi) is 8.77. The fourth-order valence-electron chi connectivity index (χ4n) is 3.34. The van der Waals surface area contributed by atoms with Gasteiger partial charge in [0.05, 0.1) is 6.04 Å². The van der Waals surface area contributed by atoms with Crippen molar-refractivity contribution >= 4 is 36.6 Å². The Morgan fingerprint density at radius 1 is 1.12 bits per heavy atom. The number of hydrogen-bond acceptors (Lipinski definition) is 4. The molecule has 3 aliphatic rings. The van der Waals surface area contributed by atoms with Crippen molar-refractivity contribution in [2.24, 2.45) is 0 Å². The fourth-order valence-corrected chi connectivity index (χ4v) is 3.34. The van der Waals surface area contributed by atoms with Gasteiger partial charge in [-0.15, -0.1) is 24.8 Å². The molecule has 24 heavy (non-hydrogen) atoms. The Hall–Kier alpha value is -0.560. The molecule has 8 heteroatoms. The molecule has 2 amide bonds. The van der Waals surface area contributed by atoms with E-state index < -0.39 is 0 Å². The second-order valence-electron chi connectivity index (χ2n) is 6.87. The van der Waals surface area contributed by atoms with Gasteiger partial charge in [0, 0.05) is 44.7 Å². The van der Waals surface area contributed by atoms with Crippen LogP contribution in [0.1, 0.15) is 39.0 Å². The van der Waals surface area contributed by atoms with Crippen LogP contribution in [0.2, 0.25) is 0 Å². The van der Waals surface area contributed by atoms with Gasteiger partial charge in [-0.3, -0.25) is 14.5 Å².